The number of likely N-dealkylation sites (tertiary alicyclic amines) is 2. The van der Waals surface area contributed by atoms with Crippen molar-refractivity contribution in [3.05, 3.63) is 80.3 Å². The van der Waals surface area contributed by atoms with Gasteiger partial charge in [0.05, 0.1) is 32.0 Å². The van der Waals surface area contributed by atoms with Crippen LogP contribution in [0.2, 0.25) is 0 Å². The Morgan fingerprint density at radius 3 is 1.78 bits per heavy atom. The maximum atomic E-state index is 8.48. The molecule has 4 heterocycles. The van der Waals surface area contributed by atoms with Gasteiger partial charge in [-0.15, -0.1) is 0 Å². The molecule has 6 rings (SSSR count). The minimum absolute atomic E-state index is 0.239. The van der Waals surface area contributed by atoms with Crippen molar-refractivity contribution in [1.29, 1.82) is 0 Å². The second kappa shape index (κ2) is 17.1. The van der Waals surface area contributed by atoms with E-state index in [1.165, 1.54) is 38.8 Å². The normalized spacial score (nSPS) is 14.6. The first-order valence-electron chi connectivity index (χ1n) is 14.9. The number of aliphatic hydroxyl groups excluding tert-OH is 1. The summed E-state index contributed by atoms with van der Waals surface area (Å²) in [4.78, 5) is 11.6. The maximum Gasteiger partial charge on any atom is 0.254 e. The fraction of sp³-hybridized carbons (Fsp3) is 0.375. The van der Waals surface area contributed by atoms with Gasteiger partial charge in [-0.25, -0.2) is 9.69 Å². The van der Waals surface area contributed by atoms with Crippen LogP contribution in [-0.2, 0) is 6.54 Å². The lowest BCUT2D eigenvalue weighted by molar-refractivity contribution is 0.221. The Morgan fingerprint density at radius 2 is 1.27 bits per heavy atom. The van der Waals surface area contributed by atoms with Gasteiger partial charge in [-0.05, 0) is 87.3 Å². The number of benzene rings is 2. The lowest BCUT2D eigenvalue weighted by atomic mass is 10.1. The third-order valence-electron chi connectivity index (χ3n) is 7.65. The van der Waals surface area contributed by atoms with Gasteiger partial charge in [0, 0.05) is 22.0 Å². The molecule has 236 valence electrons. The Kier molecular flexibility index (Phi) is 13.0. The third-order valence-corrected chi connectivity index (χ3v) is 8.71. The summed E-state index contributed by atoms with van der Waals surface area (Å²) in [6.45, 7) is 22.0. The molecule has 0 unspecified atom stereocenters. The average Bonchev–Trinajstić information content (AvgIpc) is 3.87. The van der Waals surface area contributed by atoms with E-state index in [2.05, 4.69) is 66.6 Å². The number of nitrogens with zero attached hydrogens (tertiary/aromatic N) is 7. The fourth-order valence-electron chi connectivity index (χ4n) is 5.22. The molecule has 45 heavy (non-hydrogen) atoms. The number of nitrogen functional groups attached to an aromatic ring is 2. The van der Waals surface area contributed by atoms with Crippen LogP contribution in [0.5, 0.6) is 0 Å². The molecular formula is C32H38Br2N10O. The zero-order valence-corrected chi connectivity index (χ0v) is 28.3. The summed E-state index contributed by atoms with van der Waals surface area (Å²) in [5.74, 6) is 0.704. The molecule has 0 saturated carbocycles. The van der Waals surface area contributed by atoms with Gasteiger partial charge in [0.15, 0.2) is 5.82 Å². The Labute approximate surface area is 281 Å². The minimum Gasteiger partial charge on any atom is -0.395 e. The molecule has 2 aliphatic heterocycles. The number of aromatic nitrogens is 4. The van der Waals surface area contributed by atoms with Crippen LogP contribution in [0.3, 0.4) is 0 Å². The molecule has 0 amide bonds. The number of H-pyrrole nitrogens is 1. The molecule has 13 heteroatoms. The van der Waals surface area contributed by atoms with E-state index in [1.807, 2.05) is 48.5 Å². The molecule has 11 nitrogen and oxygen atoms in total. The molecule has 0 bridgehead atoms. The summed E-state index contributed by atoms with van der Waals surface area (Å²) in [5.41, 5.74) is 15.6. The zero-order valence-electron chi connectivity index (χ0n) is 25.1. The number of rotatable bonds is 7. The molecule has 0 radical (unpaired) electrons. The van der Waals surface area contributed by atoms with Crippen LogP contribution in [0, 0.1) is 13.1 Å². The largest absolute Gasteiger partial charge is 0.395 e. The number of hydrogen-bond donors (Lipinski definition) is 4. The van der Waals surface area contributed by atoms with E-state index in [0.29, 0.717) is 35.2 Å². The van der Waals surface area contributed by atoms with Gasteiger partial charge >= 0.3 is 0 Å². The third kappa shape index (κ3) is 9.39. The molecule has 2 saturated heterocycles. The van der Waals surface area contributed by atoms with Gasteiger partial charge in [0.2, 0.25) is 0 Å². The van der Waals surface area contributed by atoms with Gasteiger partial charge in [-0.1, -0.05) is 56.1 Å². The van der Waals surface area contributed by atoms with Crippen LogP contribution in [0.4, 0.5) is 23.0 Å². The van der Waals surface area contributed by atoms with Crippen molar-refractivity contribution in [3.8, 4) is 22.5 Å². The molecule has 6 N–H and O–H groups in total. The van der Waals surface area contributed by atoms with Crippen LogP contribution >= 0.6 is 31.9 Å². The molecule has 0 aliphatic carbocycles. The number of β-amino-alcohol motifs (C(OH)–C–C–N with tert-alkyl or cyclic N) is 1. The van der Waals surface area contributed by atoms with Crippen LogP contribution < -0.4 is 11.5 Å². The molecule has 2 aromatic heterocycles. The van der Waals surface area contributed by atoms with Crippen molar-refractivity contribution in [2.24, 2.45) is 0 Å². The molecule has 0 atom stereocenters. The van der Waals surface area contributed by atoms with Crippen molar-refractivity contribution >= 4 is 54.9 Å². The number of aromatic amines is 1. The lowest BCUT2D eigenvalue weighted by Crippen LogP contribution is -2.24. The highest BCUT2D eigenvalue weighted by Crippen LogP contribution is 2.35. The topological polar surface area (TPSA) is 134 Å². The van der Waals surface area contributed by atoms with Crippen molar-refractivity contribution in [2.75, 3.05) is 57.3 Å². The number of nitrogens with one attached hydrogen (secondary N) is 1. The highest BCUT2D eigenvalue weighted by atomic mass is 79.9. The summed E-state index contributed by atoms with van der Waals surface area (Å²) in [7, 11) is 0. The van der Waals surface area contributed by atoms with Crippen molar-refractivity contribution in [3.63, 3.8) is 0 Å². The first-order chi connectivity index (χ1) is 21.8. The summed E-state index contributed by atoms with van der Waals surface area (Å²) < 4.78 is 3.76. The SMILES string of the molecule is OCCN1CCCC1.[C-]#[N+]c1c(-c2ccc(Br)cc2)nn(CCN2CCCC2)c1N.[C-]#[N+]c1c(N)n[nH]c1-c1ccc(Br)cc1. The Hall–Kier alpha value is -3.72. The Bertz CT molecular complexity index is 1590. The molecule has 2 aromatic carbocycles. The number of nitrogens with two attached hydrogens (primary N) is 2. The number of aliphatic hydroxyl groups is 1. The van der Waals surface area contributed by atoms with Gasteiger partial charge < -0.3 is 26.4 Å². The molecule has 2 fully saturated rings. The standard InChI is InChI=1S/C16H18BrN5.C10H7BrN4.C6H13NO/c1-19-15-14(12-4-6-13(17)7-5-12)20-22(16(15)18)11-10-21-8-2-3-9-21;1-13-9-8(14-15-10(9)12)6-2-4-7(11)5-3-6;8-6-5-7-3-1-2-4-7/h4-7H,2-3,8-11,18H2;2-5H,(H3,12,14,15);8H,1-6H2. The van der Waals surface area contributed by atoms with Crippen LogP contribution in [0.25, 0.3) is 32.2 Å². The molecular weight excluding hydrogens is 700 g/mol. The van der Waals surface area contributed by atoms with Gasteiger partial charge in [0.25, 0.3) is 11.4 Å². The van der Waals surface area contributed by atoms with Crippen molar-refractivity contribution in [1.82, 2.24) is 29.8 Å². The van der Waals surface area contributed by atoms with Crippen molar-refractivity contribution < 1.29 is 5.11 Å². The zero-order chi connectivity index (χ0) is 32.2. The van der Waals surface area contributed by atoms with Gasteiger partial charge in [-0.3, -0.25) is 9.78 Å². The van der Waals surface area contributed by atoms with Crippen LogP contribution in [-0.4, -0.2) is 80.8 Å². The minimum atomic E-state index is 0.239. The number of halogens is 2. The summed E-state index contributed by atoms with van der Waals surface area (Å²) in [6.07, 6.45) is 5.18. The Morgan fingerprint density at radius 1 is 0.756 bits per heavy atom. The summed E-state index contributed by atoms with van der Waals surface area (Å²) >= 11 is 6.77. The lowest BCUT2D eigenvalue weighted by Gasteiger charge is -2.14. The van der Waals surface area contributed by atoms with Crippen LogP contribution in [0.15, 0.2) is 57.5 Å². The van der Waals surface area contributed by atoms with Crippen LogP contribution in [0.1, 0.15) is 25.7 Å². The van der Waals surface area contributed by atoms with E-state index >= 15 is 0 Å². The first kappa shape index (κ1) is 34.2. The first-order valence-corrected chi connectivity index (χ1v) is 16.5. The maximum absolute atomic E-state index is 8.48. The van der Waals surface area contributed by atoms with Gasteiger partial charge in [-0.2, -0.15) is 10.2 Å². The summed E-state index contributed by atoms with van der Waals surface area (Å²) in [5, 5.41) is 19.6. The fourth-order valence-corrected chi connectivity index (χ4v) is 5.75. The quantitative estimate of drug-likeness (QED) is 0.157. The van der Waals surface area contributed by atoms with E-state index < -0.39 is 0 Å². The number of anilines is 2. The van der Waals surface area contributed by atoms with E-state index in [4.69, 9.17) is 29.7 Å². The van der Waals surface area contributed by atoms with E-state index in [-0.39, 0.29) is 5.82 Å². The van der Waals surface area contributed by atoms with E-state index in [1.54, 1.807) is 4.68 Å². The van der Waals surface area contributed by atoms with Gasteiger partial charge in [0.1, 0.15) is 11.5 Å². The predicted molar refractivity (Wildman–Crippen MR) is 187 cm³/mol. The van der Waals surface area contributed by atoms with E-state index in [9.17, 15) is 0 Å². The smallest absolute Gasteiger partial charge is 0.254 e. The molecule has 4 aromatic rings. The Balaban J connectivity index is 0.000000172. The summed E-state index contributed by atoms with van der Waals surface area (Å²) in [6, 6.07) is 15.4. The predicted octanol–water partition coefficient (Wildman–Crippen LogP) is 6.59. The second-order valence-electron chi connectivity index (χ2n) is 10.7. The molecule has 0 spiro atoms. The molecule has 2 aliphatic rings. The monoisotopic (exact) mass is 736 g/mol. The highest BCUT2D eigenvalue weighted by molar-refractivity contribution is 9.10. The average molecular weight is 739 g/mol. The number of hydrogen-bond acceptors (Lipinski definition) is 7. The van der Waals surface area contributed by atoms with E-state index in [0.717, 1.165) is 52.8 Å². The van der Waals surface area contributed by atoms with Crippen molar-refractivity contribution in [2.45, 2.75) is 32.2 Å². The second-order valence-corrected chi connectivity index (χ2v) is 12.5. The highest BCUT2D eigenvalue weighted by Gasteiger charge is 2.19.